The van der Waals surface area contributed by atoms with Gasteiger partial charge in [-0.25, -0.2) is 4.39 Å². The van der Waals surface area contributed by atoms with E-state index < -0.39 is 0 Å². The molecule has 0 N–H and O–H groups in total. The van der Waals surface area contributed by atoms with E-state index in [2.05, 4.69) is 5.10 Å². The summed E-state index contributed by atoms with van der Waals surface area (Å²) in [6.45, 7) is 3.00. The quantitative estimate of drug-likeness (QED) is 0.675. The third-order valence-corrected chi connectivity index (χ3v) is 4.34. The first kappa shape index (κ1) is 17.9. The Balaban J connectivity index is 1.78. The van der Waals surface area contributed by atoms with E-state index in [9.17, 15) is 9.18 Å². The molecule has 0 aliphatic carbocycles. The summed E-state index contributed by atoms with van der Waals surface area (Å²) in [7, 11) is 1.72. The summed E-state index contributed by atoms with van der Waals surface area (Å²) >= 11 is 0. The summed E-state index contributed by atoms with van der Waals surface area (Å²) in [4.78, 5) is 14.5. The monoisotopic (exact) mass is 351 g/mol. The van der Waals surface area contributed by atoms with Crippen LogP contribution in [0.2, 0.25) is 0 Å². The fourth-order valence-electron chi connectivity index (χ4n) is 3.04. The Hall–Kier alpha value is -2.95. The molecule has 1 heterocycles. The fraction of sp³-hybridized carbons (Fsp3) is 0.238. The zero-order chi connectivity index (χ0) is 18.5. The Morgan fingerprint density at radius 3 is 2.54 bits per heavy atom. The van der Waals surface area contributed by atoms with Crippen molar-refractivity contribution in [2.75, 3.05) is 7.05 Å². The lowest BCUT2D eigenvalue weighted by Crippen LogP contribution is -2.27. The van der Waals surface area contributed by atoms with Crippen molar-refractivity contribution in [3.63, 3.8) is 0 Å². The molecule has 3 aromatic rings. The second kappa shape index (κ2) is 7.95. The molecule has 3 rings (SSSR count). The molecule has 0 saturated carbocycles. The Morgan fingerprint density at radius 2 is 1.85 bits per heavy atom. The first-order valence-corrected chi connectivity index (χ1v) is 8.67. The van der Waals surface area contributed by atoms with Gasteiger partial charge in [-0.05, 0) is 29.7 Å². The van der Waals surface area contributed by atoms with E-state index >= 15 is 0 Å². The number of carbonyl (C=O) groups is 1. The molecule has 26 heavy (non-hydrogen) atoms. The van der Waals surface area contributed by atoms with Gasteiger partial charge in [0.25, 0.3) is 5.91 Å². The molecule has 134 valence electrons. The molecule has 0 atom stereocenters. The van der Waals surface area contributed by atoms with Crippen LogP contribution in [0.1, 0.15) is 34.1 Å². The summed E-state index contributed by atoms with van der Waals surface area (Å²) in [5.41, 5.74) is 3.40. The molecule has 0 fully saturated rings. The van der Waals surface area contributed by atoms with Crippen LogP contribution in [0.5, 0.6) is 0 Å². The van der Waals surface area contributed by atoms with Gasteiger partial charge in [0.1, 0.15) is 5.82 Å². The first-order chi connectivity index (χ1) is 12.6. The van der Waals surface area contributed by atoms with Crippen molar-refractivity contribution < 1.29 is 9.18 Å². The number of benzene rings is 2. The second-order valence-electron chi connectivity index (χ2n) is 6.29. The first-order valence-electron chi connectivity index (χ1n) is 8.67. The van der Waals surface area contributed by atoms with Gasteiger partial charge in [-0.2, -0.15) is 5.10 Å². The van der Waals surface area contributed by atoms with Gasteiger partial charge < -0.3 is 4.90 Å². The standard InChI is InChI=1S/C21H22FN3O/c1-3-20-19(13-23-25(20)15-16-8-5-4-6-9-16)21(26)24(2)14-17-10-7-11-18(22)12-17/h4-13H,3,14-15H2,1-2H3. The van der Waals surface area contributed by atoms with E-state index in [0.29, 0.717) is 25.1 Å². The average Bonchev–Trinajstić information content (AvgIpc) is 3.04. The maximum Gasteiger partial charge on any atom is 0.257 e. The van der Waals surface area contributed by atoms with Gasteiger partial charge in [0.15, 0.2) is 0 Å². The number of carbonyl (C=O) groups excluding carboxylic acids is 1. The molecular weight excluding hydrogens is 329 g/mol. The number of aromatic nitrogens is 2. The molecule has 0 bridgehead atoms. The van der Waals surface area contributed by atoms with Gasteiger partial charge in [-0.15, -0.1) is 0 Å². The fourth-order valence-corrected chi connectivity index (χ4v) is 3.04. The van der Waals surface area contributed by atoms with Gasteiger partial charge in [0.05, 0.1) is 24.0 Å². The predicted octanol–water partition coefficient (Wildman–Crippen LogP) is 3.91. The van der Waals surface area contributed by atoms with Crippen LogP contribution in [0, 0.1) is 5.82 Å². The molecule has 5 heteroatoms. The molecule has 1 aromatic heterocycles. The normalized spacial score (nSPS) is 10.7. The summed E-state index contributed by atoms with van der Waals surface area (Å²) in [5, 5.41) is 4.42. The van der Waals surface area contributed by atoms with Crippen molar-refractivity contribution in [3.8, 4) is 0 Å². The lowest BCUT2D eigenvalue weighted by atomic mass is 10.1. The minimum Gasteiger partial charge on any atom is -0.337 e. The van der Waals surface area contributed by atoms with Crippen LogP contribution in [0.15, 0.2) is 60.8 Å². The third-order valence-electron chi connectivity index (χ3n) is 4.34. The number of rotatable bonds is 6. The minimum absolute atomic E-state index is 0.106. The number of amides is 1. The third kappa shape index (κ3) is 3.99. The number of hydrogen-bond acceptors (Lipinski definition) is 2. The molecule has 0 saturated heterocycles. The van der Waals surface area contributed by atoms with Gasteiger partial charge in [-0.1, -0.05) is 49.4 Å². The van der Waals surface area contributed by atoms with E-state index in [1.807, 2.05) is 48.0 Å². The molecule has 0 unspecified atom stereocenters. The molecule has 0 spiro atoms. The van der Waals surface area contributed by atoms with Crippen LogP contribution in [0.3, 0.4) is 0 Å². The largest absolute Gasteiger partial charge is 0.337 e. The smallest absolute Gasteiger partial charge is 0.257 e. The van der Waals surface area contributed by atoms with Crippen LogP contribution in [-0.2, 0) is 19.5 Å². The molecule has 2 aromatic carbocycles. The summed E-state index contributed by atoms with van der Waals surface area (Å²) in [6, 6.07) is 16.3. The molecule has 4 nitrogen and oxygen atoms in total. The van der Waals surface area contributed by atoms with E-state index in [1.165, 1.54) is 12.1 Å². The van der Waals surface area contributed by atoms with Gasteiger partial charge >= 0.3 is 0 Å². The Labute approximate surface area is 152 Å². The van der Waals surface area contributed by atoms with Crippen LogP contribution < -0.4 is 0 Å². The highest BCUT2D eigenvalue weighted by atomic mass is 19.1. The molecular formula is C21H22FN3O. The minimum atomic E-state index is -0.298. The van der Waals surface area contributed by atoms with E-state index in [4.69, 9.17) is 0 Å². The van der Waals surface area contributed by atoms with Crippen LogP contribution in [0.25, 0.3) is 0 Å². The van der Waals surface area contributed by atoms with E-state index in [1.54, 1.807) is 24.2 Å². The van der Waals surface area contributed by atoms with Crippen molar-refractivity contribution in [2.45, 2.75) is 26.4 Å². The highest BCUT2D eigenvalue weighted by Crippen LogP contribution is 2.16. The molecule has 0 aliphatic rings. The van der Waals surface area contributed by atoms with Crippen molar-refractivity contribution in [1.82, 2.24) is 14.7 Å². The second-order valence-corrected chi connectivity index (χ2v) is 6.29. The molecule has 0 aliphatic heterocycles. The van der Waals surface area contributed by atoms with Gasteiger partial charge in [-0.3, -0.25) is 9.48 Å². The van der Waals surface area contributed by atoms with Crippen LogP contribution in [0.4, 0.5) is 4.39 Å². The molecule has 0 radical (unpaired) electrons. The Morgan fingerprint density at radius 1 is 1.12 bits per heavy atom. The maximum absolute atomic E-state index is 13.4. The predicted molar refractivity (Wildman–Crippen MR) is 99.3 cm³/mol. The van der Waals surface area contributed by atoms with Gasteiger partial charge in [0.2, 0.25) is 0 Å². The Kier molecular flexibility index (Phi) is 5.46. The number of hydrogen-bond donors (Lipinski definition) is 0. The zero-order valence-electron chi connectivity index (χ0n) is 15.0. The van der Waals surface area contributed by atoms with Crippen molar-refractivity contribution in [2.24, 2.45) is 0 Å². The van der Waals surface area contributed by atoms with Gasteiger partial charge in [0, 0.05) is 13.6 Å². The summed E-state index contributed by atoms with van der Waals surface area (Å²) in [6.07, 6.45) is 2.34. The lowest BCUT2D eigenvalue weighted by molar-refractivity contribution is 0.0783. The zero-order valence-corrected chi connectivity index (χ0v) is 15.0. The van der Waals surface area contributed by atoms with Crippen molar-refractivity contribution in [3.05, 3.63) is 89.0 Å². The lowest BCUT2D eigenvalue weighted by Gasteiger charge is -2.17. The summed E-state index contributed by atoms with van der Waals surface area (Å²) in [5.74, 6) is -0.404. The molecule has 1 amide bonds. The topological polar surface area (TPSA) is 38.1 Å². The Bertz CT molecular complexity index is 889. The van der Waals surface area contributed by atoms with E-state index in [0.717, 1.165) is 16.8 Å². The highest BCUT2D eigenvalue weighted by Gasteiger charge is 2.20. The van der Waals surface area contributed by atoms with Crippen LogP contribution >= 0.6 is 0 Å². The van der Waals surface area contributed by atoms with Crippen molar-refractivity contribution in [1.29, 1.82) is 0 Å². The maximum atomic E-state index is 13.4. The SMILES string of the molecule is CCc1c(C(=O)N(C)Cc2cccc(F)c2)cnn1Cc1ccccc1. The number of nitrogens with zero attached hydrogens (tertiary/aromatic N) is 3. The highest BCUT2D eigenvalue weighted by molar-refractivity contribution is 5.95. The number of halogens is 1. The van der Waals surface area contributed by atoms with Crippen molar-refractivity contribution >= 4 is 5.91 Å². The van der Waals surface area contributed by atoms with E-state index in [-0.39, 0.29) is 11.7 Å². The average molecular weight is 351 g/mol. The van der Waals surface area contributed by atoms with Crippen LogP contribution in [-0.4, -0.2) is 27.6 Å². The summed E-state index contributed by atoms with van der Waals surface area (Å²) < 4.78 is 15.2.